The van der Waals surface area contributed by atoms with Crippen LogP contribution >= 0.6 is 0 Å². The van der Waals surface area contributed by atoms with Crippen LogP contribution in [0.1, 0.15) is 34.6 Å². The van der Waals surface area contributed by atoms with Crippen LogP contribution < -0.4 is 15.4 Å². The topological polar surface area (TPSA) is 59.1 Å². The van der Waals surface area contributed by atoms with E-state index in [-0.39, 0.29) is 11.6 Å². The third-order valence-electron chi connectivity index (χ3n) is 2.64. The predicted octanol–water partition coefficient (Wildman–Crippen LogP) is 4.22. The minimum atomic E-state index is -0.0749. The number of nitrogens with one attached hydrogen (secondary N) is 2. The van der Waals surface area contributed by atoms with Gasteiger partial charge in [-0.15, -0.1) is 0 Å². The van der Waals surface area contributed by atoms with E-state index in [1.54, 1.807) is 6.20 Å². The Hall–Kier alpha value is -2.30. The predicted molar refractivity (Wildman–Crippen MR) is 90.9 cm³/mol. The van der Waals surface area contributed by atoms with Crippen LogP contribution in [0.2, 0.25) is 0 Å². The van der Waals surface area contributed by atoms with Crippen molar-refractivity contribution in [2.24, 2.45) is 0 Å². The summed E-state index contributed by atoms with van der Waals surface area (Å²) in [6.45, 7) is 10.2. The van der Waals surface area contributed by atoms with E-state index in [4.69, 9.17) is 4.74 Å². The highest BCUT2D eigenvalue weighted by atomic mass is 16.5. The largest absolute Gasteiger partial charge is 0.491 e. The lowest BCUT2D eigenvalue weighted by Gasteiger charge is -2.20. The maximum Gasteiger partial charge on any atom is 0.225 e. The van der Waals surface area contributed by atoms with Gasteiger partial charge in [0.15, 0.2) is 0 Å². The molecule has 2 rings (SSSR count). The monoisotopic (exact) mass is 300 g/mol. The molecule has 5 heteroatoms. The highest BCUT2D eigenvalue weighted by molar-refractivity contribution is 5.57. The molecule has 22 heavy (non-hydrogen) atoms. The summed E-state index contributed by atoms with van der Waals surface area (Å²) in [5.41, 5.74) is 0.880. The molecular weight excluding hydrogens is 276 g/mol. The summed E-state index contributed by atoms with van der Waals surface area (Å²) in [5.74, 6) is 2.22. The van der Waals surface area contributed by atoms with Gasteiger partial charge in [0.05, 0.1) is 6.10 Å². The molecule has 0 aliphatic rings. The van der Waals surface area contributed by atoms with Crippen molar-refractivity contribution in [1.29, 1.82) is 0 Å². The van der Waals surface area contributed by atoms with Crippen LogP contribution in [0.25, 0.3) is 0 Å². The zero-order chi connectivity index (χ0) is 16.2. The number of anilines is 3. The lowest BCUT2D eigenvalue weighted by Crippen LogP contribution is -2.27. The smallest absolute Gasteiger partial charge is 0.225 e. The van der Waals surface area contributed by atoms with Gasteiger partial charge in [-0.3, -0.25) is 0 Å². The molecule has 1 aromatic heterocycles. The highest BCUT2D eigenvalue weighted by Crippen LogP contribution is 2.20. The average molecular weight is 300 g/mol. The summed E-state index contributed by atoms with van der Waals surface area (Å²) >= 11 is 0. The summed E-state index contributed by atoms with van der Waals surface area (Å²) in [6, 6.07) is 9.66. The van der Waals surface area contributed by atoms with Gasteiger partial charge in [-0.1, -0.05) is 0 Å². The molecule has 0 bridgehead atoms. The molecule has 2 aromatic rings. The molecule has 2 N–H and O–H groups in total. The first kappa shape index (κ1) is 16.1. The Bertz CT molecular complexity index is 603. The Morgan fingerprint density at radius 1 is 1.05 bits per heavy atom. The van der Waals surface area contributed by atoms with Crippen LogP contribution in [0.3, 0.4) is 0 Å². The minimum Gasteiger partial charge on any atom is -0.491 e. The molecule has 0 amide bonds. The van der Waals surface area contributed by atoms with E-state index in [1.165, 1.54) is 0 Å². The number of nitrogens with zero attached hydrogens (tertiary/aromatic N) is 2. The van der Waals surface area contributed by atoms with E-state index in [0.29, 0.717) is 5.95 Å². The van der Waals surface area contributed by atoms with Crippen molar-refractivity contribution in [3.63, 3.8) is 0 Å². The summed E-state index contributed by atoms with van der Waals surface area (Å²) in [4.78, 5) is 8.69. The maximum absolute atomic E-state index is 5.63. The molecule has 0 aliphatic heterocycles. The van der Waals surface area contributed by atoms with E-state index in [2.05, 4.69) is 41.4 Å². The quantitative estimate of drug-likeness (QED) is 0.866. The van der Waals surface area contributed by atoms with Gasteiger partial charge in [-0.2, -0.15) is 4.98 Å². The number of ether oxygens (including phenoxy) is 1. The van der Waals surface area contributed by atoms with Crippen molar-refractivity contribution in [2.75, 3.05) is 10.6 Å². The summed E-state index contributed by atoms with van der Waals surface area (Å²) in [6.07, 6.45) is 1.91. The van der Waals surface area contributed by atoms with Gasteiger partial charge < -0.3 is 15.4 Å². The fourth-order valence-electron chi connectivity index (χ4n) is 1.86. The lowest BCUT2D eigenvalue weighted by atomic mass is 10.1. The Morgan fingerprint density at radius 3 is 2.32 bits per heavy atom. The molecule has 0 radical (unpaired) electrons. The Labute approximate surface area is 132 Å². The summed E-state index contributed by atoms with van der Waals surface area (Å²) in [7, 11) is 0. The summed E-state index contributed by atoms with van der Waals surface area (Å²) < 4.78 is 5.63. The summed E-state index contributed by atoms with van der Waals surface area (Å²) in [5, 5.41) is 6.52. The zero-order valence-corrected chi connectivity index (χ0v) is 13.8. The molecule has 0 saturated carbocycles. The zero-order valence-electron chi connectivity index (χ0n) is 13.8. The van der Waals surface area contributed by atoms with Gasteiger partial charge >= 0.3 is 0 Å². The Morgan fingerprint density at radius 2 is 1.73 bits per heavy atom. The molecule has 1 aromatic carbocycles. The lowest BCUT2D eigenvalue weighted by molar-refractivity contribution is 0.242. The van der Waals surface area contributed by atoms with Gasteiger partial charge in [0.1, 0.15) is 11.6 Å². The highest BCUT2D eigenvalue weighted by Gasteiger charge is 2.11. The first-order valence-corrected chi connectivity index (χ1v) is 7.47. The van der Waals surface area contributed by atoms with Crippen molar-refractivity contribution in [3.8, 4) is 5.75 Å². The number of hydrogen-bond acceptors (Lipinski definition) is 5. The fraction of sp³-hybridized carbons (Fsp3) is 0.412. The molecule has 0 atom stereocenters. The number of benzene rings is 1. The molecule has 118 valence electrons. The van der Waals surface area contributed by atoms with E-state index in [1.807, 2.05) is 44.2 Å². The van der Waals surface area contributed by atoms with Crippen LogP contribution in [0.5, 0.6) is 5.75 Å². The van der Waals surface area contributed by atoms with E-state index in [9.17, 15) is 0 Å². The van der Waals surface area contributed by atoms with Crippen LogP contribution in [0.4, 0.5) is 17.5 Å². The van der Waals surface area contributed by atoms with Crippen molar-refractivity contribution in [2.45, 2.75) is 46.3 Å². The Balaban J connectivity index is 2.05. The van der Waals surface area contributed by atoms with Crippen LogP contribution in [0, 0.1) is 0 Å². The SMILES string of the molecule is CC(C)Oc1ccc(Nc2ccnc(NC(C)(C)C)n2)cc1. The second-order valence-electron chi connectivity index (χ2n) is 6.46. The second kappa shape index (κ2) is 6.64. The van der Waals surface area contributed by atoms with Gasteiger partial charge in [0, 0.05) is 17.4 Å². The van der Waals surface area contributed by atoms with Gasteiger partial charge in [0.25, 0.3) is 0 Å². The third kappa shape index (κ3) is 5.24. The molecule has 0 unspecified atom stereocenters. The van der Waals surface area contributed by atoms with Crippen molar-refractivity contribution in [3.05, 3.63) is 36.5 Å². The van der Waals surface area contributed by atoms with Gasteiger partial charge in [-0.25, -0.2) is 4.98 Å². The van der Waals surface area contributed by atoms with Crippen LogP contribution in [-0.2, 0) is 0 Å². The Kier molecular flexibility index (Phi) is 4.85. The molecule has 0 saturated heterocycles. The first-order chi connectivity index (χ1) is 10.3. The van der Waals surface area contributed by atoms with E-state index < -0.39 is 0 Å². The van der Waals surface area contributed by atoms with Crippen molar-refractivity contribution >= 4 is 17.5 Å². The van der Waals surface area contributed by atoms with Gasteiger partial charge in [-0.05, 0) is 65.0 Å². The number of hydrogen-bond donors (Lipinski definition) is 2. The normalized spacial score (nSPS) is 11.4. The van der Waals surface area contributed by atoms with Crippen LogP contribution in [-0.4, -0.2) is 21.6 Å². The molecule has 5 nitrogen and oxygen atoms in total. The number of rotatable bonds is 5. The standard InChI is InChI=1S/C17H24N4O/c1-12(2)22-14-8-6-13(7-9-14)19-15-10-11-18-16(20-15)21-17(3,4)5/h6-12H,1-5H3,(H2,18,19,20,21). The molecular formula is C17H24N4O. The van der Waals surface area contributed by atoms with Gasteiger partial charge in [0.2, 0.25) is 5.95 Å². The number of aromatic nitrogens is 2. The van der Waals surface area contributed by atoms with E-state index >= 15 is 0 Å². The maximum atomic E-state index is 5.63. The minimum absolute atomic E-state index is 0.0749. The second-order valence-corrected chi connectivity index (χ2v) is 6.46. The first-order valence-electron chi connectivity index (χ1n) is 7.47. The molecule has 0 spiro atoms. The fourth-order valence-corrected chi connectivity index (χ4v) is 1.86. The van der Waals surface area contributed by atoms with E-state index in [0.717, 1.165) is 17.3 Å². The molecule has 0 fully saturated rings. The molecule has 0 aliphatic carbocycles. The van der Waals surface area contributed by atoms with Crippen molar-refractivity contribution in [1.82, 2.24) is 9.97 Å². The third-order valence-corrected chi connectivity index (χ3v) is 2.64. The van der Waals surface area contributed by atoms with Crippen molar-refractivity contribution < 1.29 is 4.74 Å². The average Bonchev–Trinajstić information content (AvgIpc) is 2.39. The van der Waals surface area contributed by atoms with Crippen LogP contribution in [0.15, 0.2) is 36.5 Å². The molecule has 1 heterocycles.